The van der Waals surface area contributed by atoms with E-state index in [9.17, 15) is 4.79 Å². The second kappa shape index (κ2) is 7.36. The first-order chi connectivity index (χ1) is 13.2. The molecule has 136 valence electrons. The number of carbonyl (C=O) groups excluding carboxylic acids is 1. The maximum Gasteiger partial charge on any atom is 0.273 e. The SMILES string of the molecule is CCCc1cc(C(=O)NCc2nnc(-c3nccc4ccccc34)o2)no1. The summed E-state index contributed by atoms with van der Waals surface area (Å²) < 4.78 is 10.8. The maximum atomic E-state index is 12.2. The van der Waals surface area contributed by atoms with E-state index in [-0.39, 0.29) is 24.0 Å². The molecule has 0 fully saturated rings. The van der Waals surface area contributed by atoms with Crippen molar-refractivity contribution in [2.45, 2.75) is 26.3 Å². The first-order valence-corrected chi connectivity index (χ1v) is 8.65. The van der Waals surface area contributed by atoms with Crippen LogP contribution in [0.2, 0.25) is 0 Å². The molecular weight excluding hydrogens is 346 g/mol. The summed E-state index contributed by atoms with van der Waals surface area (Å²) in [5.74, 6) is 0.918. The minimum absolute atomic E-state index is 0.0899. The molecular formula is C19H17N5O3. The van der Waals surface area contributed by atoms with E-state index in [0.717, 1.165) is 23.6 Å². The van der Waals surface area contributed by atoms with Gasteiger partial charge >= 0.3 is 0 Å². The smallest absolute Gasteiger partial charge is 0.273 e. The second-order valence-corrected chi connectivity index (χ2v) is 5.99. The lowest BCUT2D eigenvalue weighted by Gasteiger charge is -2.01. The normalized spacial score (nSPS) is 11.0. The molecule has 8 heteroatoms. The van der Waals surface area contributed by atoms with Gasteiger partial charge in [0.2, 0.25) is 5.89 Å². The van der Waals surface area contributed by atoms with E-state index >= 15 is 0 Å². The molecule has 0 radical (unpaired) electrons. The molecule has 4 aromatic rings. The van der Waals surface area contributed by atoms with Crippen LogP contribution in [0.15, 0.2) is 51.5 Å². The number of nitrogens with zero attached hydrogens (tertiary/aromatic N) is 4. The fourth-order valence-electron chi connectivity index (χ4n) is 2.74. The summed E-state index contributed by atoms with van der Waals surface area (Å²) in [7, 11) is 0. The van der Waals surface area contributed by atoms with Gasteiger partial charge in [-0.05, 0) is 17.9 Å². The van der Waals surface area contributed by atoms with Crippen LogP contribution in [0, 0.1) is 0 Å². The highest BCUT2D eigenvalue weighted by Gasteiger charge is 2.16. The van der Waals surface area contributed by atoms with Gasteiger partial charge in [-0.15, -0.1) is 10.2 Å². The highest BCUT2D eigenvalue weighted by Crippen LogP contribution is 2.25. The summed E-state index contributed by atoms with van der Waals surface area (Å²) in [5, 5.41) is 16.5. The van der Waals surface area contributed by atoms with Crippen LogP contribution >= 0.6 is 0 Å². The van der Waals surface area contributed by atoms with E-state index in [2.05, 4.69) is 25.7 Å². The molecule has 27 heavy (non-hydrogen) atoms. The zero-order valence-electron chi connectivity index (χ0n) is 14.7. The average molecular weight is 363 g/mol. The van der Waals surface area contributed by atoms with Crippen molar-refractivity contribution < 1.29 is 13.7 Å². The topological polar surface area (TPSA) is 107 Å². The molecule has 0 saturated carbocycles. The number of pyridine rings is 1. The zero-order valence-corrected chi connectivity index (χ0v) is 14.7. The molecule has 1 amide bonds. The first-order valence-electron chi connectivity index (χ1n) is 8.65. The average Bonchev–Trinajstić information content (AvgIpc) is 3.36. The van der Waals surface area contributed by atoms with Gasteiger partial charge < -0.3 is 14.3 Å². The van der Waals surface area contributed by atoms with E-state index in [1.165, 1.54) is 0 Å². The Morgan fingerprint density at radius 2 is 2.07 bits per heavy atom. The van der Waals surface area contributed by atoms with Gasteiger partial charge in [-0.3, -0.25) is 9.78 Å². The molecule has 0 atom stereocenters. The fraction of sp³-hybridized carbons (Fsp3) is 0.211. The second-order valence-electron chi connectivity index (χ2n) is 5.99. The molecule has 3 heterocycles. The molecule has 0 spiro atoms. The lowest BCUT2D eigenvalue weighted by molar-refractivity contribution is 0.0938. The van der Waals surface area contributed by atoms with Crippen molar-refractivity contribution in [3.8, 4) is 11.6 Å². The standard InChI is InChI=1S/C19H17N5O3/c1-2-5-13-10-15(24-27-13)18(25)21-11-16-22-23-19(26-16)17-14-7-4-3-6-12(14)8-9-20-17/h3-4,6-10H,2,5,11H2,1H3,(H,21,25). The first kappa shape index (κ1) is 16.9. The summed E-state index contributed by atoms with van der Waals surface area (Å²) in [6.45, 7) is 2.12. The molecule has 0 bridgehead atoms. The minimum Gasteiger partial charge on any atom is -0.417 e. The minimum atomic E-state index is -0.357. The van der Waals surface area contributed by atoms with E-state index in [1.807, 2.05) is 37.3 Å². The van der Waals surface area contributed by atoms with Gasteiger partial charge in [-0.1, -0.05) is 36.3 Å². The van der Waals surface area contributed by atoms with Crippen molar-refractivity contribution in [1.82, 2.24) is 25.7 Å². The summed E-state index contributed by atoms with van der Waals surface area (Å²) in [6, 6.07) is 11.4. The third-order valence-corrected chi connectivity index (χ3v) is 4.03. The quantitative estimate of drug-likeness (QED) is 0.560. The highest BCUT2D eigenvalue weighted by molar-refractivity contribution is 5.93. The number of rotatable bonds is 6. The number of benzene rings is 1. The Morgan fingerprint density at radius 3 is 2.96 bits per heavy atom. The Labute approximate surface area is 154 Å². The molecule has 0 aliphatic rings. The van der Waals surface area contributed by atoms with Crippen molar-refractivity contribution in [3.05, 3.63) is 59.9 Å². The van der Waals surface area contributed by atoms with E-state index in [4.69, 9.17) is 8.94 Å². The van der Waals surface area contributed by atoms with Gasteiger partial charge in [0.1, 0.15) is 11.5 Å². The van der Waals surface area contributed by atoms with E-state index < -0.39 is 0 Å². The predicted octanol–water partition coefficient (Wildman–Crippen LogP) is 3.16. The molecule has 1 aromatic carbocycles. The highest BCUT2D eigenvalue weighted by atomic mass is 16.5. The summed E-state index contributed by atoms with van der Waals surface area (Å²) in [4.78, 5) is 16.5. The Kier molecular flexibility index (Phi) is 4.61. The van der Waals surface area contributed by atoms with Gasteiger partial charge in [-0.25, -0.2) is 0 Å². The Balaban J connectivity index is 1.47. The molecule has 4 rings (SSSR count). The number of fused-ring (bicyclic) bond motifs is 1. The number of nitrogens with one attached hydrogen (secondary N) is 1. The lowest BCUT2D eigenvalue weighted by Crippen LogP contribution is -2.23. The maximum absolute atomic E-state index is 12.2. The molecule has 0 aliphatic carbocycles. The zero-order chi connectivity index (χ0) is 18.6. The lowest BCUT2D eigenvalue weighted by atomic mass is 10.1. The number of aryl methyl sites for hydroxylation is 1. The van der Waals surface area contributed by atoms with Crippen molar-refractivity contribution >= 4 is 16.7 Å². The molecule has 0 unspecified atom stereocenters. The number of hydrogen-bond donors (Lipinski definition) is 1. The number of hydrogen-bond acceptors (Lipinski definition) is 7. The monoisotopic (exact) mass is 363 g/mol. The van der Waals surface area contributed by atoms with E-state index in [0.29, 0.717) is 17.3 Å². The summed E-state index contributed by atoms with van der Waals surface area (Å²) >= 11 is 0. The van der Waals surface area contributed by atoms with Crippen LogP contribution < -0.4 is 5.32 Å². The Bertz CT molecular complexity index is 1080. The van der Waals surface area contributed by atoms with Crippen molar-refractivity contribution in [2.24, 2.45) is 0 Å². The van der Waals surface area contributed by atoms with Crippen LogP contribution in [0.4, 0.5) is 0 Å². The van der Waals surface area contributed by atoms with Crippen LogP contribution in [0.5, 0.6) is 0 Å². The van der Waals surface area contributed by atoms with Crippen molar-refractivity contribution in [3.63, 3.8) is 0 Å². The van der Waals surface area contributed by atoms with Crippen molar-refractivity contribution in [2.75, 3.05) is 0 Å². The third kappa shape index (κ3) is 3.55. The van der Waals surface area contributed by atoms with Gasteiger partial charge in [0.15, 0.2) is 5.69 Å². The molecule has 3 aromatic heterocycles. The van der Waals surface area contributed by atoms with Crippen LogP contribution in [-0.4, -0.2) is 26.2 Å². The summed E-state index contributed by atoms with van der Waals surface area (Å²) in [6.07, 6.45) is 3.36. The third-order valence-electron chi connectivity index (χ3n) is 4.03. The molecule has 1 N–H and O–H groups in total. The van der Waals surface area contributed by atoms with Gasteiger partial charge in [0.25, 0.3) is 11.8 Å². The van der Waals surface area contributed by atoms with Gasteiger partial charge in [-0.2, -0.15) is 0 Å². The Hall–Kier alpha value is -3.55. The van der Waals surface area contributed by atoms with Crippen molar-refractivity contribution in [1.29, 1.82) is 0 Å². The number of aromatic nitrogens is 4. The van der Waals surface area contributed by atoms with Crippen LogP contribution in [-0.2, 0) is 13.0 Å². The predicted molar refractivity (Wildman–Crippen MR) is 96.7 cm³/mol. The Morgan fingerprint density at radius 1 is 1.19 bits per heavy atom. The molecule has 8 nitrogen and oxygen atoms in total. The molecule has 0 aliphatic heterocycles. The van der Waals surface area contributed by atoms with E-state index in [1.54, 1.807) is 12.3 Å². The largest absolute Gasteiger partial charge is 0.417 e. The van der Waals surface area contributed by atoms with Crippen LogP contribution in [0.3, 0.4) is 0 Å². The number of carbonyl (C=O) groups is 1. The summed E-state index contributed by atoms with van der Waals surface area (Å²) in [5.41, 5.74) is 0.841. The van der Waals surface area contributed by atoms with Gasteiger partial charge in [0.05, 0.1) is 6.54 Å². The van der Waals surface area contributed by atoms with Crippen LogP contribution in [0.1, 0.15) is 35.5 Å². The fourth-order valence-corrected chi connectivity index (χ4v) is 2.74. The number of amides is 1. The van der Waals surface area contributed by atoms with Gasteiger partial charge in [0, 0.05) is 24.1 Å². The van der Waals surface area contributed by atoms with Crippen LogP contribution in [0.25, 0.3) is 22.4 Å². The molecule has 0 saturated heterocycles.